The van der Waals surface area contributed by atoms with Crippen molar-refractivity contribution in [3.63, 3.8) is 0 Å². The van der Waals surface area contributed by atoms with Crippen molar-refractivity contribution < 1.29 is 27.5 Å². The van der Waals surface area contributed by atoms with Crippen molar-refractivity contribution in [2.24, 2.45) is 0 Å². The average Bonchev–Trinajstić information content (AvgIpc) is 2.93. The van der Waals surface area contributed by atoms with Crippen LogP contribution in [0.15, 0.2) is 78.9 Å². The van der Waals surface area contributed by atoms with Crippen molar-refractivity contribution >= 4 is 17.4 Å². The van der Waals surface area contributed by atoms with E-state index in [0.717, 1.165) is 60.1 Å². The van der Waals surface area contributed by atoms with E-state index in [1.807, 2.05) is 36.4 Å². The Balaban J connectivity index is 1.79. The van der Waals surface area contributed by atoms with Gasteiger partial charge in [0.15, 0.2) is 0 Å². The number of esters is 1. The van der Waals surface area contributed by atoms with Gasteiger partial charge in [0, 0.05) is 12.1 Å². The number of ether oxygens (including phenoxy) is 1. The summed E-state index contributed by atoms with van der Waals surface area (Å²) < 4.78 is 43.3. The molecule has 0 radical (unpaired) electrons. The SMILES string of the molecule is CCCCC/C=C(/c1ccc(C(=O)NCCC(=O)OC)cc1)c1ccc(-c2ccc(C(F)(F)F)cc2)cc1. The van der Waals surface area contributed by atoms with Crippen LogP contribution in [0.1, 0.15) is 66.1 Å². The van der Waals surface area contributed by atoms with Crippen molar-refractivity contribution in [3.8, 4) is 11.1 Å². The van der Waals surface area contributed by atoms with Crippen LogP contribution in [0.2, 0.25) is 0 Å². The quantitative estimate of drug-likeness (QED) is 0.207. The molecule has 0 fully saturated rings. The van der Waals surface area contributed by atoms with E-state index >= 15 is 0 Å². The maximum Gasteiger partial charge on any atom is 0.416 e. The highest BCUT2D eigenvalue weighted by molar-refractivity contribution is 5.95. The molecule has 0 aromatic heterocycles. The number of carbonyl (C=O) groups is 2. The lowest BCUT2D eigenvalue weighted by atomic mass is 9.93. The number of hydrogen-bond donors (Lipinski definition) is 1. The van der Waals surface area contributed by atoms with Gasteiger partial charge in [-0.3, -0.25) is 9.59 Å². The molecule has 200 valence electrons. The van der Waals surface area contributed by atoms with Crippen LogP contribution in [0, 0.1) is 0 Å². The fraction of sp³-hybridized carbons (Fsp3) is 0.290. The summed E-state index contributed by atoms with van der Waals surface area (Å²) in [5.74, 6) is -0.655. The van der Waals surface area contributed by atoms with Crippen molar-refractivity contribution in [1.29, 1.82) is 0 Å². The Labute approximate surface area is 221 Å². The lowest BCUT2D eigenvalue weighted by molar-refractivity contribution is -0.140. The second-order valence-corrected chi connectivity index (χ2v) is 8.93. The maximum absolute atomic E-state index is 12.9. The summed E-state index contributed by atoms with van der Waals surface area (Å²) in [4.78, 5) is 23.7. The predicted octanol–water partition coefficient (Wildman–Crippen LogP) is 7.68. The van der Waals surface area contributed by atoms with E-state index in [1.165, 1.54) is 19.2 Å². The van der Waals surface area contributed by atoms with Crippen LogP contribution >= 0.6 is 0 Å². The second-order valence-electron chi connectivity index (χ2n) is 8.93. The Morgan fingerprint density at radius 1 is 0.816 bits per heavy atom. The fourth-order valence-corrected chi connectivity index (χ4v) is 4.02. The Morgan fingerprint density at radius 3 is 1.87 bits per heavy atom. The predicted molar refractivity (Wildman–Crippen MR) is 144 cm³/mol. The molecule has 0 saturated carbocycles. The second kappa shape index (κ2) is 13.6. The molecule has 0 heterocycles. The summed E-state index contributed by atoms with van der Waals surface area (Å²) in [6.45, 7) is 2.35. The minimum absolute atomic E-state index is 0.105. The van der Waals surface area contributed by atoms with Crippen LogP contribution in [0.5, 0.6) is 0 Å². The van der Waals surface area contributed by atoms with Crippen LogP contribution in [0.3, 0.4) is 0 Å². The first-order chi connectivity index (χ1) is 18.2. The van der Waals surface area contributed by atoms with Crippen molar-refractivity contribution in [2.45, 2.75) is 45.2 Å². The van der Waals surface area contributed by atoms with Gasteiger partial charge in [-0.05, 0) is 64.9 Å². The molecule has 0 spiro atoms. The van der Waals surface area contributed by atoms with Gasteiger partial charge in [0.1, 0.15) is 0 Å². The number of allylic oxidation sites excluding steroid dienone is 1. The van der Waals surface area contributed by atoms with Crippen molar-refractivity contribution in [1.82, 2.24) is 5.32 Å². The number of amides is 1. The molecule has 7 heteroatoms. The Kier molecular flexibility index (Phi) is 10.3. The van der Waals surface area contributed by atoms with Crippen LogP contribution in [-0.2, 0) is 15.7 Å². The first-order valence-corrected chi connectivity index (χ1v) is 12.7. The highest BCUT2D eigenvalue weighted by atomic mass is 19.4. The van der Waals surface area contributed by atoms with Gasteiger partial charge in [0.2, 0.25) is 0 Å². The largest absolute Gasteiger partial charge is 0.469 e. The number of nitrogens with one attached hydrogen (secondary N) is 1. The highest BCUT2D eigenvalue weighted by Crippen LogP contribution is 2.32. The summed E-state index contributed by atoms with van der Waals surface area (Å²) in [6, 6.07) is 20.2. The van der Waals surface area contributed by atoms with E-state index in [4.69, 9.17) is 0 Å². The summed E-state index contributed by atoms with van der Waals surface area (Å²) in [5, 5.41) is 2.71. The van der Waals surface area contributed by atoms with Gasteiger partial charge in [-0.25, -0.2) is 0 Å². The van der Waals surface area contributed by atoms with Crippen LogP contribution in [0.4, 0.5) is 13.2 Å². The van der Waals surface area contributed by atoms with E-state index in [9.17, 15) is 22.8 Å². The lowest BCUT2D eigenvalue weighted by Gasteiger charge is -2.12. The van der Waals surface area contributed by atoms with Gasteiger partial charge < -0.3 is 10.1 Å². The van der Waals surface area contributed by atoms with E-state index in [-0.39, 0.29) is 24.8 Å². The Morgan fingerprint density at radius 2 is 1.34 bits per heavy atom. The highest BCUT2D eigenvalue weighted by Gasteiger charge is 2.29. The summed E-state index contributed by atoms with van der Waals surface area (Å²) >= 11 is 0. The molecule has 1 N–H and O–H groups in total. The summed E-state index contributed by atoms with van der Waals surface area (Å²) in [6.07, 6.45) is 2.14. The summed E-state index contributed by atoms with van der Waals surface area (Å²) in [7, 11) is 1.30. The van der Waals surface area contributed by atoms with Crippen LogP contribution < -0.4 is 5.32 Å². The van der Waals surface area contributed by atoms with Gasteiger partial charge in [-0.15, -0.1) is 0 Å². The third kappa shape index (κ3) is 8.07. The van der Waals surface area contributed by atoms with Crippen LogP contribution in [0.25, 0.3) is 16.7 Å². The maximum atomic E-state index is 12.9. The Hall–Kier alpha value is -3.87. The molecule has 0 unspecified atom stereocenters. The first-order valence-electron chi connectivity index (χ1n) is 12.7. The van der Waals surface area contributed by atoms with Gasteiger partial charge in [0.25, 0.3) is 5.91 Å². The summed E-state index contributed by atoms with van der Waals surface area (Å²) in [5.41, 5.74) is 4.31. The molecule has 38 heavy (non-hydrogen) atoms. The average molecular weight is 524 g/mol. The topological polar surface area (TPSA) is 55.4 Å². The lowest BCUT2D eigenvalue weighted by Crippen LogP contribution is -2.26. The van der Waals surface area contributed by atoms with Gasteiger partial charge in [0.05, 0.1) is 19.1 Å². The number of benzene rings is 3. The molecule has 0 aliphatic rings. The molecular formula is C31H32F3NO3. The van der Waals surface area contributed by atoms with Crippen molar-refractivity contribution in [3.05, 3.63) is 101 Å². The van der Waals surface area contributed by atoms with Gasteiger partial charge in [-0.1, -0.05) is 74.4 Å². The minimum atomic E-state index is -4.36. The van der Waals surface area contributed by atoms with Gasteiger partial charge >= 0.3 is 12.1 Å². The molecule has 1 amide bonds. The molecule has 0 saturated heterocycles. The molecule has 3 aromatic rings. The molecule has 3 aromatic carbocycles. The molecule has 4 nitrogen and oxygen atoms in total. The monoisotopic (exact) mass is 523 g/mol. The molecule has 0 atom stereocenters. The number of alkyl halides is 3. The zero-order chi connectivity index (χ0) is 27.5. The third-order valence-corrected chi connectivity index (χ3v) is 6.20. The third-order valence-electron chi connectivity index (χ3n) is 6.20. The number of hydrogen-bond acceptors (Lipinski definition) is 3. The fourth-order valence-electron chi connectivity index (χ4n) is 4.02. The zero-order valence-electron chi connectivity index (χ0n) is 21.6. The number of halogens is 3. The van der Waals surface area contributed by atoms with E-state index < -0.39 is 11.7 Å². The normalized spacial score (nSPS) is 11.8. The number of rotatable bonds is 11. The van der Waals surface area contributed by atoms with E-state index in [0.29, 0.717) is 11.1 Å². The van der Waals surface area contributed by atoms with Crippen LogP contribution in [-0.4, -0.2) is 25.5 Å². The molecule has 0 aliphatic carbocycles. The van der Waals surface area contributed by atoms with E-state index in [2.05, 4.69) is 23.1 Å². The van der Waals surface area contributed by atoms with Gasteiger partial charge in [-0.2, -0.15) is 13.2 Å². The smallest absolute Gasteiger partial charge is 0.416 e. The number of methoxy groups -OCH3 is 1. The first kappa shape index (κ1) is 28.7. The number of unbranched alkanes of at least 4 members (excludes halogenated alkanes) is 3. The molecule has 3 rings (SSSR count). The zero-order valence-corrected chi connectivity index (χ0v) is 21.6. The van der Waals surface area contributed by atoms with Crippen molar-refractivity contribution in [2.75, 3.05) is 13.7 Å². The number of carbonyl (C=O) groups excluding carboxylic acids is 2. The van der Waals surface area contributed by atoms with E-state index in [1.54, 1.807) is 12.1 Å². The Bertz CT molecular complexity index is 1230. The molecular weight excluding hydrogens is 491 g/mol. The minimum Gasteiger partial charge on any atom is -0.469 e. The molecule has 0 bridgehead atoms. The molecule has 0 aliphatic heterocycles. The standard InChI is InChI=1S/C31H32F3NO3/c1-3-4-5-6-7-28(25-12-14-26(15-13-25)30(37)35-21-20-29(36)38-2)24-10-8-22(9-11-24)23-16-18-27(19-17-23)31(32,33)34/h7-19H,3-6,20-21H2,1-2H3,(H,35,37)/b28-7+.